The molecule has 1 atom stereocenters. The summed E-state index contributed by atoms with van der Waals surface area (Å²) in [5.74, 6) is 0.401. The Morgan fingerprint density at radius 2 is 1.38 bits per heavy atom. The Balaban J connectivity index is 2.43. The van der Waals surface area contributed by atoms with E-state index in [1.165, 1.54) is 5.56 Å². The van der Waals surface area contributed by atoms with E-state index in [0.29, 0.717) is 5.75 Å². The maximum atomic E-state index is 10.9. The summed E-state index contributed by atoms with van der Waals surface area (Å²) in [6.45, 7) is 14.9. The molecule has 0 bridgehead atoms. The van der Waals surface area contributed by atoms with Crippen molar-refractivity contribution in [3.8, 4) is 5.75 Å². The number of rotatable bonds is 3. The van der Waals surface area contributed by atoms with Crippen LogP contribution in [0.2, 0.25) is 0 Å². The zero-order valence-electron chi connectivity index (χ0n) is 16.9. The second-order valence-corrected chi connectivity index (χ2v) is 10.9. The van der Waals surface area contributed by atoms with Crippen molar-refractivity contribution in [3.63, 3.8) is 0 Å². The van der Waals surface area contributed by atoms with Gasteiger partial charge in [0.1, 0.15) is 5.75 Å². The molecule has 0 aliphatic carbocycles. The third-order valence-electron chi connectivity index (χ3n) is 4.51. The molecule has 0 aromatic heterocycles. The van der Waals surface area contributed by atoms with Gasteiger partial charge in [0.2, 0.25) is 0 Å². The summed E-state index contributed by atoms with van der Waals surface area (Å²) in [5.41, 5.74) is 3.91. The molecule has 0 spiro atoms. The van der Waals surface area contributed by atoms with E-state index < -0.39 is 0 Å². The lowest BCUT2D eigenvalue weighted by Gasteiger charge is -2.28. The SMILES string of the molecule is CC(SC(=S)c1cc(C(C)(C)C)c(O)c(C(C)(C)C)c1)c1ccccc1. The van der Waals surface area contributed by atoms with Crippen LogP contribution in [0.5, 0.6) is 5.75 Å². The van der Waals surface area contributed by atoms with Crippen molar-refractivity contribution in [2.45, 2.75) is 64.5 Å². The second kappa shape index (κ2) is 7.74. The van der Waals surface area contributed by atoms with Gasteiger partial charge in [0, 0.05) is 16.4 Å². The zero-order valence-corrected chi connectivity index (χ0v) is 18.5. The molecule has 2 aromatic rings. The highest BCUT2D eigenvalue weighted by Gasteiger charge is 2.27. The summed E-state index contributed by atoms with van der Waals surface area (Å²) in [5, 5.41) is 11.2. The smallest absolute Gasteiger partial charge is 0.123 e. The van der Waals surface area contributed by atoms with Gasteiger partial charge in [-0.1, -0.05) is 84.1 Å². The van der Waals surface area contributed by atoms with Gasteiger partial charge in [-0.05, 0) is 41.0 Å². The molecule has 0 aliphatic rings. The van der Waals surface area contributed by atoms with Crippen molar-refractivity contribution in [2.24, 2.45) is 0 Å². The molecule has 140 valence electrons. The normalized spacial score (nSPS) is 13.5. The van der Waals surface area contributed by atoms with Crippen LogP contribution in [-0.4, -0.2) is 9.30 Å². The topological polar surface area (TPSA) is 20.2 Å². The van der Waals surface area contributed by atoms with Crippen LogP contribution >= 0.6 is 24.0 Å². The molecule has 0 saturated carbocycles. The number of thioether (sulfide) groups is 1. The van der Waals surface area contributed by atoms with Gasteiger partial charge in [-0.25, -0.2) is 0 Å². The molecular weight excluding hydrogens is 356 g/mol. The van der Waals surface area contributed by atoms with Crippen LogP contribution in [0.15, 0.2) is 42.5 Å². The van der Waals surface area contributed by atoms with Gasteiger partial charge in [0.15, 0.2) is 0 Å². The first-order valence-corrected chi connectivity index (χ1v) is 10.3. The van der Waals surface area contributed by atoms with Crippen molar-refractivity contribution in [2.75, 3.05) is 0 Å². The predicted molar refractivity (Wildman–Crippen MR) is 120 cm³/mol. The minimum absolute atomic E-state index is 0.147. The molecule has 1 N–H and O–H groups in total. The molecule has 0 amide bonds. The van der Waals surface area contributed by atoms with Crippen LogP contribution in [0, 0.1) is 0 Å². The van der Waals surface area contributed by atoms with Crippen LogP contribution in [0.1, 0.15) is 76.0 Å². The largest absolute Gasteiger partial charge is 0.507 e. The summed E-state index contributed by atoms with van der Waals surface area (Å²) in [6, 6.07) is 14.6. The summed E-state index contributed by atoms with van der Waals surface area (Å²) < 4.78 is 0.873. The fraction of sp³-hybridized carbons (Fsp3) is 0.435. The Morgan fingerprint density at radius 3 is 1.81 bits per heavy atom. The molecule has 2 rings (SSSR count). The summed E-state index contributed by atoms with van der Waals surface area (Å²) in [6.07, 6.45) is 0. The van der Waals surface area contributed by atoms with E-state index in [2.05, 4.69) is 84.9 Å². The zero-order chi connectivity index (χ0) is 19.7. The highest BCUT2D eigenvalue weighted by atomic mass is 32.2. The number of hydrogen-bond acceptors (Lipinski definition) is 3. The average Bonchev–Trinajstić information content (AvgIpc) is 2.53. The number of hydrogen-bond donors (Lipinski definition) is 1. The van der Waals surface area contributed by atoms with Crippen molar-refractivity contribution >= 4 is 28.2 Å². The minimum atomic E-state index is -0.147. The van der Waals surface area contributed by atoms with Crippen LogP contribution in [0.25, 0.3) is 0 Å². The highest BCUT2D eigenvalue weighted by Crippen LogP contribution is 2.41. The third-order valence-corrected chi connectivity index (χ3v) is 6.11. The first-order chi connectivity index (χ1) is 11.9. The van der Waals surface area contributed by atoms with E-state index >= 15 is 0 Å². The Kier molecular flexibility index (Phi) is 6.24. The number of aromatic hydroxyl groups is 1. The summed E-state index contributed by atoms with van der Waals surface area (Å²) >= 11 is 7.49. The monoisotopic (exact) mass is 386 g/mol. The molecule has 0 radical (unpaired) electrons. The van der Waals surface area contributed by atoms with Gasteiger partial charge in [0.25, 0.3) is 0 Å². The van der Waals surface area contributed by atoms with Gasteiger partial charge in [-0.3, -0.25) is 0 Å². The van der Waals surface area contributed by atoms with E-state index in [9.17, 15) is 5.11 Å². The van der Waals surface area contributed by atoms with Crippen molar-refractivity contribution in [3.05, 3.63) is 64.7 Å². The molecule has 0 fully saturated rings. The number of phenols is 1. The van der Waals surface area contributed by atoms with Crippen molar-refractivity contribution in [1.82, 2.24) is 0 Å². The molecular formula is C23H30OS2. The number of phenolic OH excluding ortho intramolecular Hbond substituents is 1. The Morgan fingerprint density at radius 1 is 0.923 bits per heavy atom. The molecule has 0 saturated heterocycles. The third kappa shape index (κ3) is 4.89. The first-order valence-electron chi connectivity index (χ1n) is 9.05. The van der Waals surface area contributed by atoms with Crippen molar-refractivity contribution in [1.29, 1.82) is 0 Å². The fourth-order valence-corrected chi connectivity index (χ4v) is 4.34. The molecule has 0 heterocycles. The van der Waals surface area contributed by atoms with Crippen LogP contribution in [0.3, 0.4) is 0 Å². The van der Waals surface area contributed by atoms with Gasteiger partial charge >= 0.3 is 0 Å². The van der Waals surface area contributed by atoms with Crippen molar-refractivity contribution < 1.29 is 5.11 Å². The van der Waals surface area contributed by atoms with Gasteiger partial charge in [-0.2, -0.15) is 0 Å². The highest BCUT2D eigenvalue weighted by molar-refractivity contribution is 8.23. The van der Waals surface area contributed by atoms with E-state index in [1.807, 2.05) is 6.07 Å². The summed E-state index contributed by atoms with van der Waals surface area (Å²) in [7, 11) is 0. The number of thiocarbonyl (C=S) groups is 1. The van der Waals surface area contributed by atoms with E-state index in [1.54, 1.807) is 11.8 Å². The quantitative estimate of drug-likeness (QED) is 0.565. The Hall–Kier alpha value is -1.32. The van der Waals surface area contributed by atoms with Gasteiger partial charge < -0.3 is 5.11 Å². The van der Waals surface area contributed by atoms with E-state index in [-0.39, 0.29) is 16.1 Å². The molecule has 3 heteroatoms. The maximum absolute atomic E-state index is 10.9. The standard InChI is InChI=1S/C23H30OS2/c1-15(16-11-9-8-10-12-16)26-21(25)17-13-18(22(2,3)4)20(24)19(14-17)23(5,6)7/h8-15,24H,1-7H3. The lowest BCUT2D eigenvalue weighted by molar-refractivity contribution is 0.423. The van der Waals surface area contributed by atoms with E-state index in [4.69, 9.17) is 12.2 Å². The molecule has 26 heavy (non-hydrogen) atoms. The van der Waals surface area contributed by atoms with Crippen LogP contribution in [-0.2, 0) is 10.8 Å². The molecule has 2 aromatic carbocycles. The fourth-order valence-electron chi connectivity index (χ4n) is 2.92. The second-order valence-electron chi connectivity index (χ2n) is 8.88. The van der Waals surface area contributed by atoms with Gasteiger partial charge in [-0.15, -0.1) is 11.8 Å². The molecule has 1 unspecified atom stereocenters. The summed E-state index contributed by atoms with van der Waals surface area (Å²) in [4.78, 5) is 0. The Bertz CT molecular complexity index is 745. The molecule has 0 aliphatic heterocycles. The number of benzene rings is 2. The lowest BCUT2D eigenvalue weighted by atomic mass is 9.78. The van der Waals surface area contributed by atoms with Crippen LogP contribution < -0.4 is 0 Å². The predicted octanol–water partition coefficient (Wildman–Crippen LogP) is 7.16. The first kappa shape index (κ1) is 21.0. The maximum Gasteiger partial charge on any atom is 0.123 e. The average molecular weight is 387 g/mol. The Labute approximate surface area is 168 Å². The van der Waals surface area contributed by atoms with E-state index in [0.717, 1.165) is 20.9 Å². The lowest BCUT2D eigenvalue weighted by Crippen LogP contribution is -2.18. The minimum Gasteiger partial charge on any atom is -0.507 e. The van der Waals surface area contributed by atoms with Crippen LogP contribution in [0.4, 0.5) is 0 Å². The van der Waals surface area contributed by atoms with Gasteiger partial charge in [0.05, 0.1) is 4.20 Å². The molecule has 1 nitrogen and oxygen atoms in total.